The highest BCUT2D eigenvalue weighted by Gasteiger charge is 2.12. The van der Waals surface area contributed by atoms with Crippen LogP contribution in [0.4, 0.5) is 13.2 Å². The lowest BCUT2D eigenvalue weighted by Gasteiger charge is -2.07. The van der Waals surface area contributed by atoms with Crippen LogP contribution in [0.1, 0.15) is 61.8 Å². The summed E-state index contributed by atoms with van der Waals surface area (Å²) in [6.07, 6.45) is 4.84. The molecule has 0 nitrogen and oxygen atoms in total. The number of hydrogen-bond acceptors (Lipinski definition) is 0. The van der Waals surface area contributed by atoms with Gasteiger partial charge in [0.2, 0.25) is 0 Å². The molecule has 0 radical (unpaired) electrons. The quantitative estimate of drug-likeness (QED) is 0.438. The highest BCUT2D eigenvalue weighted by molar-refractivity contribution is 5.61. The Balaban J connectivity index is 2.03. The summed E-state index contributed by atoms with van der Waals surface area (Å²) in [5.74, 6) is -2.23. The molecule has 0 aliphatic heterocycles. The SMILES string of the molecule is CCCCC(F)=C(F)c1ccc(CCc2ccc(CCC)cc2)c(F)c1. The van der Waals surface area contributed by atoms with E-state index in [1.54, 1.807) is 6.07 Å². The van der Waals surface area contributed by atoms with E-state index in [2.05, 4.69) is 31.2 Å². The van der Waals surface area contributed by atoms with Crippen LogP contribution in [-0.4, -0.2) is 0 Å². The molecule has 0 spiro atoms. The average molecular weight is 360 g/mol. The van der Waals surface area contributed by atoms with Crippen molar-refractivity contribution >= 4 is 5.83 Å². The molecule has 0 bridgehead atoms. The first kappa shape index (κ1) is 20.3. The Hall–Kier alpha value is -2.03. The summed E-state index contributed by atoms with van der Waals surface area (Å²) in [6.45, 7) is 4.06. The normalized spacial score (nSPS) is 12.2. The third-order valence-electron chi connectivity index (χ3n) is 4.54. The van der Waals surface area contributed by atoms with Crippen LogP contribution in [0.15, 0.2) is 48.3 Å². The minimum absolute atomic E-state index is 0.0243. The second kappa shape index (κ2) is 10.2. The number of unbranched alkanes of at least 4 members (excludes halogenated alkanes) is 1. The van der Waals surface area contributed by atoms with E-state index in [0.717, 1.165) is 30.9 Å². The Morgan fingerprint density at radius 3 is 2.04 bits per heavy atom. The summed E-state index contributed by atoms with van der Waals surface area (Å²) in [7, 11) is 0. The lowest BCUT2D eigenvalue weighted by atomic mass is 10.0. The molecule has 26 heavy (non-hydrogen) atoms. The van der Waals surface area contributed by atoms with Crippen molar-refractivity contribution in [1.29, 1.82) is 0 Å². The smallest absolute Gasteiger partial charge is 0.161 e. The molecule has 2 aromatic carbocycles. The van der Waals surface area contributed by atoms with E-state index < -0.39 is 17.5 Å². The van der Waals surface area contributed by atoms with Crippen molar-refractivity contribution < 1.29 is 13.2 Å². The van der Waals surface area contributed by atoms with Crippen LogP contribution in [0.25, 0.3) is 5.83 Å². The lowest BCUT2D eigenvalue weighted by molar-refractivity contribution is 0.547. The van der Waals surface area contributed by atoms with Gasteiger partial charge >= 0.3 is 0 Å². The fourth-order valence-electron chi connectivity index (χ4n) is 2.93. The zero-order valence-electron chi connectivity index (χ0n) is 15.6. The van der Waals surface area contributed by atoms with Crippen LogP contribution in [0.3, 0.4) is 0 Å². The number of hydrogen-bond donors (Lipinski definition) is 0. The van der Waals surface area contributed by atoms with E-state index in [-0.39, 0.29) is 12.0 Å². The van der Waals surface area contributed by atoms with E-state index >= 15 is 0 Å². The summed E-state index contributed by atoms with van der Waals surface area (Å²) in [6, 6.07) is 12.5. The predicted octanol–water partition coefficient (Wildman–Crippen LogP) is 7.36. The molecule has 0 atom stereocenters. The molecular weight excluding hydrogens is 333 g/mol. The first-order valence-electron chi connectivity index (χ1n) is 9.45. The topological polar surface area (TPSA) is 0 Å². The lowest BCUT2D eigenvalue weighted by Crippen LogP contribution is -1.97. The second-order valence-electron chi connectivity index (χ2n) is 6.70. The van der Waals surface area contributed by atoms with Crippen molar-refractivity contribution in [1.82, 2.24) is 0 Å². The van der Waals surface area contributed by atoms with Gasteiger partial charge < -0.3 is 0 Å². The summed E-state index contributed by atoms with van der Waals surface area (Å²) >= 11 is 0. The second-order valence-corrected chi connectivity index (χ2v) is 6.70. The summed E-state index contributed by atoms with van der Waals surface area (Å²) < 4.78 is 42.1. The molecule has 0 aliphatic carbocycles. The van der Waals surface area contributed by atoms with Gasteiger partial charge in [0.15, 0.2) is 5.83 Å². The van der Waals surface area contributed by atoms with E-state index in [0.29, 0.717) is 24.8 Å². The largest absolute Gasteiger partial charge is 0.209 e. The summed E-state index contributed by atoms with van der Waals surface area (Å²) in [5, 5.41) is 0. The van der Waals surface area contributed by atoms with Crippen LogP contribution in [-0.2, 0) is 19.3 Å². The van der Waals surface area contributed by atoms with Gasteiger partial charge in [-0.15, -0.1) is 0 Å². The third-order valence-corrected chi connectivity index (χ3v) is 4.54. The molecule has 2 aromatic rings. The molecule has 0 aromatic heterocycles. The Kier molecular flexibility index (Phi) is 7.96. The first-order chi connectivity index (χ1) is 12.5. The molecule has 0 unspecified atom stereocenters. The molecular formula is C23H27F3. The van der Waals surface area contributed by atoms with Gasteiger partial charge in [-0.05, 0) is 48.4 Å². The molecule has 2 rings (SSSR count). The number of halogens is 3. The van der Waals surface area contributed by atoms with Gasteiger partial charge in [-0.3, -0.25) is 0 Å². The Bertz CT molecular complexity index is 730. The van der Waals surface area contributed by atoms with E-state index in [9.17, 15) is 13.2 Å². The van der Waals surface area contributed by atoms with Gasteiger partial charge in [-0.2, -0.15) is 0 Å². The number of rotatable bonds is 9. The van der Waals surface area contributed by atoms with Crippen LogP contribution in [0.2, 0.25) is 0 Å². The zero-order valence-corrected chi connectivity index (χ0v) is 15.6. The van der Waals surface area contributed by atoms with Crippen molar-refractivity contribution in [3.8, 4) is 0 Å². The molecule has 0 saturated heterocycles. The van der Waals surface area contributed by atoms with Crippen LogP contribution in [0, 0.1) is 5.82 Å². The monoisotopic (exact) mass is 360 g/mol. The van der Waals surface area contributed by atoms with Gasteiger partial charge in [0, 0.05) is 12.0 Å². The van der Waals surface area contributed by atoms with Crippen LogP contribution in [0.5, 0.6) is 0 Å². The van der Waals surface area contributed by atoms with Crippen molar-refractivity contribution in [2.24, 2.45) is 0 Å². The summed E-state index contributed by atoms with van der Waals surface area (Å²) in [4.78, 5) is 0. The van der Waals surface area contributed by atoms with Crippen molar-refractivity contribution in [3.05, 3.63) is 76.4 Å². The Morgan fingerprint density at radius 2 is 1.46 bits per heavy atom. The average Bonchev–Trinajstić information content (AvgIpc) is 2.66. The van der Waals surface area contributed by atoms with Crippen molar-refractivity contribution in [3.63, 3.8) is 0 Å². The maximum absolute atomic E-state index is 14.3. The maximum Gasteiger partial charge on any atom is 0.161 e. The van der Waals surface area contributed by atoms with Gasteiger partial charge in [0.05, 0.1) is 0 Å². The zero-order chi connectivity index (χ0) is 18.9. The van der Waals surface area contributed by atoms with E-state index in [4.69, 9.17) is 0 Å². The Labute approximate surface area is 154 Å². The maximum atomic E-state index is 14.3. The minimum Gasteiger partial charge on any atom is -0.209 e. The minimum atomic E-state index is -0.949. The molecule has 0 amide bonds. The predicted molar refractivity (Wildman–Crippen MR) is 103 cm³/mol. The molecule has 0 fully saturated rings. The molecule has 140 valence electrons. The fraction of sp³-hybridized carbons (Fsp3) is 0.391. The highest BCUT2D eigenvalue weighted by Crippen LogP contribution is 2.26. The molecule has 0 heterocycles. The first-order valence-corrected chi connectivity index (χ1v) is 9.45. The van der Waals surface area contributed by atoms with Gasteiger partial charge in [-0.25, -0.2) is 13.2 Å². The van der Waals surface area contributed by atoms with E-state index in [1.807, 2.05) is 6.92 Å². The number of benzene rings is 2. The molecule has 0 N–H and O–H groups in total. The van der Waals surface area contributed by atoms with E-state index in [1.165, 1.54) is 11.6 Å². The van der Waals surface area contributed by atoms with Crippen molar-refractivity contribution in [2.45, 2.75) is 58.8 Å². The molecule has 3 heteroatoms. The van der Waals surface area contributed by atoms with Gasteiger partial charge in [0.1, 0.15) is 11.6 Å². The third kappa shape index (κ3) is 5.76. The van der Waals surface area contributed by atoms with Gasteiger partial charge in [-0.1, -0.05) is 63.1 Å². The number of aryl methyl sites for hydroxylation is 3. The Morgan fingerprint density at radius 1 is 0.808 bits per heavy atom. The fourth-order valence-corrected chi connectivity index (χ4v) is 2.93. The standard InChI is InChI=1S/C23H27F3/c1-3-5-7-21(24)23(26)20-15-14-19(22(25)16-20)13-12-18-10-8-17(6-4-2)9-11-18/h8-11,14-16H,3-7,12-13H2,1-2H3. The molecule has 0 aliphatic rings. The highest BCUT2D eigenvalue weighted by atomic mass is 19.2. The summed E-state index contributed by atoms with van der Waals surface area (Å²) in [5.41, 5.74) is 2.95. The van der Waals surface area contributed by atoms with Crippen LogP contribution >= 0.6 is 0 Å². The number of allylic oxidation sites excluding steroid dienone is 1. The van der Waals surface area contributed by atoms with Gasteiger partial charge in [0.25, 0.3) is 0 Å². The van der Waals surface area contributed by atoms with Crippen molar-refractivity contribution in [2.75, 3.05) is 0 Å². The molecule has 0 saturated carbocycles. The van der Waals surface area contributed by atoms with Crippen LogP contribution < -0.4 is 0 Å².